The molecule has 0 amide bonds. The van der Waals surface area contributed by atoms with Crippen LogP contribution >= 0.6 is 11.8 Å². The summed E-state index contributed by atoms with van der Waals surface area (Å²) in [6, 6.07) is 1.79. The van der Waals surface area contributed by atoms with Gasteiger partial charge in [-0.2, -0.15) is 5.10 Å². The molecule has 0 saturated carbocycles. The van der Waals surface area contributed by atoms with Crippen LogP contribution in [-0.2, 0) is 12.8 Å². The summed E-state index contributed by atoms with van der Waals surface area (Å²) in [4.78, 5) is 17.4. The van der Waals surface area contributed by atoms with E-state index in [0.29, 0.717) is 10.9 Å². The van der Waals surface area contributed by atoms with Crippen LogP contribution in [0.1, 0.15) is 5.82 Å². The van der Waals surface area contributed by atoms with Gasteiger partial charge in [-0.15, -0.1) is 0 Å². The van der Waals surface area contributed by atoms with E-state index in [9.17, 15) is 0 Å². The highest BCUT2D eigenvalue weighted by Crippen LogP contribution is 2.22. The van der Waals surface area contributed by atoms with Crippen molar-refractivity contribution in [2.45, 2.75) is 10.9 Å². The van der Waals surface area contributed by atoms with E-state index in [-0.39, 0.29) is 0 Å². The van der Waals surface area contributed by atoms with E-state index < -0.39 is 0 Å². The zero-order chi connectivity index (χ0) is 13.9. The van der Waals surface area contributed by atoms with Gasteiger partial charge in [0.25, 0.3) is 0 Å². The van der Waals surface area contributed by atoms with E-state index in [1.165, 1.54) is 11.8 Å². The number of thioether (sulfide) groups is 1. The zero-order valence-electron chi connectivity index (χ0n) is 11.1. The van der Waals surface area contributed by atoms with Crippen LogP contribution in [0.4, 0.5) is 5.82 Å². The molecule has 3 aromatic rings. The van der Waals surface area contributed by atoms with Crippen LogP contribution in [-0.4, -0.2) is 36.8 Å². The number of hydrogen-bond acceptors (Lipinski definition) is 7. The van der Waals surface area contributed by atoms with Gasteiger partial charge in [0.2, 0.25) is 0 Å². The van der Waals surface area contributed by atoms with Crippen molar-refractivity contribution >= 4 is 28.6 Å². The van der Waals surface area contributed by atoms with Crippen molar-refractivity contribution in [3.8, 4) is 0 Å². The first kappa shape index (κ1) is 12.8. The number of nitrogens with zero attached hydrogens (tertiary/aromatic N) is 6. The Labute approximate surface area is 119 Å². The predicted molar refractivity (Wildman–Crippen MR) is 77.4 cm³/mol. The fourth-order valence-corrected chi connectivity index (χ4v) is 2.47. The molecule has 0 atom stereocenters. The average molecular weight is 287 g/mol. The molecule has 0 unspecified atom stereocenters. The molecule has 0 aliphatic carbocycles. The highest BCUT2D eigenvalue weighted by atomic mass is 32.2. The SMILES string of the molecule is CNc1nc(CSc2ncccn2)nc2c1cnn2C. The van der Waals surface area contributed by atoms with Crippen molar-refractivity contribution < 1.29 is 0 Å². The Hall–Kier alpha value is -2.22. The summed E-state index contributed by atoms with van der Waals surface area (Å²) in [7, 11) is 3.71. The molecule has 0 aliphatic heterocycles. The monoisotopic (exact) mass is 287 g/mol. The molecular formula is C12H13N7S. The summed E-state index contributed by atoms with van der Waals surface area (Å²) in [5.41, 5.74) is 0.814. The molecule has 7 nitrogen and oxygen atoms in total. The van der Waals surface area contributed by atoms with E-state index in [0.717, 1.165) is 22.7 Å². The molecular weight excluding hydrogens is 274 g/mol. The number of hydrogen-bond donors (Lipinski definition) is 1. The first-order chi connectivity index (χ1) is 9.78. The van der Waals surface area contributed by atoms with Crippen LogP contribution in [0.2, 0.25) is 0 Å². The predicted octanol–water partition coefficient (Wildman–Crippen LogP) is 1.49. The standard InChI is InChI=1S/C12H13N7S/c1-13-10-8-6-16-19(2)11(8)18-9(17-10)7-20-12-14-4-3-5-15-12/h3-6H,7H2,1-2H3,(H,13,17,18). The minimum absolute atomic E-state index is 0.611. The molecule has 0 spiro atoms. The van der Waals surface area contributed by atoms with E-state index >= 15 is 0 Å². The Bertz CT molecular complexity index is 725. The normalized spacial score (nSPS) is 10.9. The van der Waals surface area contributed by atoms with Crippen molar-refractivity contribution in [2.24, 2.45) is 7.05 Å². The molecule has 1 N–H and O–H groups in total. The second-order valence-corrected chi connectivity index (χ2v) is 5.01. The van der Waals surface area contributed by atoms with Crippen molar-refractivity contribution in [3.05, 3.63) is 30.5 Å². The van der Waals surface area contributed by atoms with E-state index in [4.69, 9.17) is 0 Å². The van der Waals surface area contributed by atoms with Crippen molar-refractivity contribution in [2.75, 3.05) is 12.4 Å². The summed E-state index contributed by atoms with van der Waals surface area (Å²) in [5, 5.41) is 8.91. The minimum atomic E-state index is 0.611. The maximum Gasteiger partial charge on any atom is 0.187 e. The smallest absolute Gasteiger partial charge is 0.187 e. The van der Waals surface area contributed by atoms with Gasteiger partial charge in [0.1, 0.15) is 11.6 Å². The molecule has 0 saturated heterocycles. The van der Waals surface area contributed by atoms with Gasteiger partial charge in [-0.25, -0.2) is 19.9 Å². The molecule has 0 aromatic carbocycles. The van der Waals surface area contributed by atoms with Crippen molar-refractivity contribution in [3.63, 3.8) is 0 Å². The topological polar surface area (TPSA) is 81.4 Å². The van der Waals surface area contributed by atoms with Crippen LogP contribution in [0, 0.1) is 0 Å². The second kappa shape index (κ2) is 5.41. The quantitative estimate of drug-likeness (QED) is 0.575. The zero-order valence-corrected chi connectivity index (χ0v) is 11.9. The number of nitrogens with one attached hydrogen (secondary N) is 1. The average Bonchev–Trinajstić information content (AvgIpc) is 2.87. The van der Waals surface area contributed by atoms with Gasteiger partial charge in [-0.05, 0) is 6.07 Å². The number of anilines is 1. The fraction of sp³-hybridized carbons (Fsp3) is 0.250. The molecule has 0 fully saturated rings. The Morgan fingerprint density at radius 1 is 1.25 bits per heavy atom. The van der Waals surface area contributed by atoms with Gasteiger partial charge >= 0.3 is 0 Å². The number of aromatic nitrogens is 6. The van der Waals surface area contributed by atoms with Gasteiger partial charge in [0, 0.05) is 26.5 Å². The van der Waals surface area contributed by atoms with Crippen LogP contribution in [0.5, 0.6) is 0 Å². The minimum Gasteiger partial charge on any atom is -0.372 e. The lowest BCUT2D eigenvalue weighted by molar-refractivity contribution is 0.782. The number of rotatable bonds is 4. The third-order valence-electron chi connectivity index (χ3n) is 2.75. The fourth-order valence-electron chi connectivity index (χ4n) is 1.81. The summed E-state index contributed by atoms with van der Waals surface area (Å²) in [6.07, 6.45) is 5.21. The number of aryl methyl sites for hydroxylation is 1. The lowest BCUT2D eigenvalue weighted by Gasteiger charge is -2.05. The molecule has 3 rings (SSSR count). The van der Waals surface area contributed by atoms with Gasteiger partial charge < -0.3 is 5.32 Å². The van der Waals surface area contributed by atoms with Gasteiger partial charge in [-0.1, -0.05) is 11.8 Å². The highest BCUT2D eigenvalue weighted by Gasteiger charge is 2.11. The molecule has 0 aliphatic rings. The van der Waals surface area contributed by atoms with Gasteiger partial charge in [0.15, 0.2) is 10.8 Å². The molecule has 3 heterocycles. The van der Waals surface area contributed by atoms with Crippen molar-refractivity contribution in [1.29, 1.82) is 0 Å². The third kappa shape index (κ3) is 2.42. The molecule has 0 bridgehead atoms. The lowest BCUT2D eigenvalue weighted by atomic mass is 10.4. The largest absolute Gasteiger partial charge is 0.372 e. The first-order valence-corrected chi connectivity index (χ1v) is 7.02. The number of fused-ring (bicyclic) bond motifs is 1. The van der Waals surface area contributed by atoms with Gasteiger partial charge in [0.05, 0.1) is 17.3 Å². The Morgan fingerprint density at radius 2 is 2.05 bits per heavy atom. The molecule has 0 radical (unpaired) electrons. The Balaban J connectivity index is 1.89. The first-order valence-electron chi connectivity index (χ1n) is 6.04. The molecule has 3 aromatic heterocycles. The van der Waals surface area contributed by atoms with E-state index in [1.54, 1.807) is 29.3 Å². The Morgan fingerprint density at radius 3 is 2.80 bits per heavy atom. The van der Waals surface area contributed by atoms with E-state index in [1.807, 2.05) is 14.1 Å². The summed E-state index contributed by atoms with van der Waals surface area (Å²) < 4.78 is 1.74. The van der Waals surface area contributed by atoms with Crippen LogP contribution < -0.4 is 5.32 Å². The lowest BCUT2D eigenvalue weighted by Crippen LogP contribution is -2.02. The van der Waals surface area contributed by atoms with Crippen molar-refractivity contribution in [1.82, 2.24) is 29.7 Å². The summed E-state index contributed by atoms with van der Waals surface area (Å²) in [6.45, 7) is 0. The van der Waals surface area contributed by atoms with Crippen LogP contribution in [0.25, 0.3) is 11.0 Å². The maximum absolute atomic E-state index is 4.53. The second-order valence-electron chi connectivity index (χ2n) is 4.06. The molecule has 20 heavy (non-hydrogen) atoms. The summed E-state index contributed by atoms with van der Waals surface area (Å²) in [5.74, 6) is 2.12. The van der Waals surface area contributed by atoms with E-state index in [2.05, 4.69) is 30.4 Å². The highest BCUT2D eigenvalue weighted by molar-refractivity contribution is 7.98. The molecule has 102 valence electrons. The van der Waals surface area contributed by atoms with Gasteiger partial charge in [-0.3, -0.25) is 4.68 Å². The van der Waals surface area contributed by atoms with Crippen LogP contribution in [0.3, 0.4) is 0 Å². The Kier molecular flexibility index (Phi) is 3.46. The molecule has 8 heteroatoms. The van der Waals surface area contributed by atoms with Crippen LogP contribution in [0.15, 0.2) is 29.8 Å². The third-order valence-corrected chi connectivity index (χ3v) is 3.62. The summed E-state index contributed by atoms with van der Waals surface area (Å²) >= 11 is 1.51. The maximum atomic E-state index is 4.53.